The molecule has 2 aromatic carbocycles. The van der Waals surface area contributed by atoms with Crippen LogP contribution in [0.4, 0.5) is 18.9 Å². The Kier molecular flexibility index (Phi) is 6.09. The van der Waals surface area contributed by atoms with Crippen LogP contribution in [-0.2, 0) is 17.4 Å². The Morgan fingerprint density at radius 2 is 1.78 bits per heavy atom. The second kappa shape index (κ2) is 8.11. The molecule has 27 heavy (non-hydrogen) atoms. The molecule has 0 aliphatic rings. The van der Waals surface area contributed by atoms with E-state index < -0.39 is 23.6 Å². The number of carbonyl (C=O) groups is 2. The number of carboxylic acid groups (broad SMARTS) is 1. The van der Waals surface area contributed by atoms with Gasteiger partial charge in [0.1, 0.15) is 5.75 Å². The first-order valence-electron chi connectivity index (χ1n) is 8.00. The molecule has 0 fully saturated rings. The Labute approximate surface area is 153 Å². The van der Waals surface area contributed by atoms with E-state index in [1.807, 2.05) is 0 Å². The monoisotopic (exact) mass is 381 g/mol. The molecule has 5 nitrogen and oxygen atoms in total. The summed E-state index contributed by atoms with van der Waals surface area (Å²) in [6.07, 6.45) is -4.15. The number of aromatic carboxylic acids is 1. The van der Waals surface area contributed by atoms with E-state index in [0.29, 0.717) is 11.3 Å². The summed E-state index contributed by atoms with van der Waals surface area (Å²) in [7, 11) is 1.35. The number of carboxylic acids is 1. The summed E-state index contributed by atoms with van der Waals surface area (Å²) < 4.78 is 42.9. The van der Waals surface area contributed by atoms with Gasteiger partial charge in [-0.2, -0.15) is 13.2 Å². The third-order valence-corrected chi connectivity index (χ3v) is 3.98. The zero-order valence-electron chi connectivity index (χ0n) is 14.6. The van der Waals surface area contributed by atoms with Crippen molar-refractivity contribution in [1.29, 1.82) is 0 Å². The minimum Gasteiger partial charge on any atom is -0.495 e. The number of carbonyl (C=O) groups excluding carboxylic acids is 1. The van der Waals surface area contributed by atoms with E-state index >= 15 is 0 Å². The van der Waals surface area contributed by atoms with Gasteiger partial charge >= 0.3 is 12.1 Å². The molecule has 0 saturated heterocycles. The number of benzene rings is 2. The van der Waals surface area contributed by atoms with E-state index in [1.54, 1.807) is 6.92 Å². The summed E-state index contributed by atoms with van der Waals surface area (Å²) in [6.45, 7) is 1.64. The Morgan fingerprint density at radius 3 is 2.30 bits per heavy atom. The van der Waals surface area contributed by atoms with E-state index in [-0.39, 0.29) is 23.6 Å². The molecule has 0 aliphatic heterocycles. The highest BCUT2D eigenvalue weighted by atomic mass is 19.4. The molecule has 0 aliphatic carbocycles. The molecule has 0 aromatic heterocycles. The first-order valence-corrected chi connectivity index (χ1v) is 8.00. The predicted octanol–water partition coefficient (Wildman–Crippen LogP) is 4.23. The largest absolute Gasteiger partial charge is 0.495 e. The van der Waals surface area contributed by atoms with Gasteiger partial charge in [-0.05, 0) is 42.3 Å². The van der Waals surface area contributed by atoms with E-state index in [9.17, 15) is 22.8 Å². The Balaban J connectivity index is 2.06. The van der Waals surface area contributed by atoms with Crippen molar-refractivity contribution in [2.45, 2.75) is 19.5 Å². The van der Waals surface area contributed by atoms with Crippen LogP contribution in [0.2, 0.25) is 0 Å². The van der Waals surface area contributed by atoms with Gasteiger partial charge in [0.05, 0.1) is 23.9 Å². The molecule has 0 bridgehead atoms. The maximum Gasteiger partial charge on any atom is 0.416 e. The van der Waals surface area contributed by atoms with Crippen LogP contribution < -0.4 is 10.1 Å². The van der Waals surface area contributed by atoms with Crippen LogP contribution in [0.1, 0.15) is 28.4 Å². The lowest BCUT2D eigenvalue weighted by molar-refractivity contribution is -0.137. The number of hydrogen-bond acceptors (Lipinski definition) is 3. The zero-order valence-corrected chi connectivity index (χ0v) is 14.6. The van der Waals surface area contributed by atoms with Gasteiger partial charge < -0.3 is 15.2 Å². The summed E-state index contributed by atoms with van der Waals surface area (Å²) in [5, 5.41) is 11.6. The second-order valence-electron chi connectivity index (χ2n) is 6.01. The Hall–Kier alpha value is -3.03. The molecule has 1 amide bonds. The van der Waals surface area contributed by atoms with Crippen molar-refractivity contribution in [1.82, 2.24) is 0 Å². The number of anilines is 1. The Morgan fingerprint density at radius 1 is 1.15 bits per heavy atom. The number of amides is 1. The molecule has 2 N–H and O–H groups in total. The fraction of sp³-hybridized carbons (Fsp3) is 0.263. The van der Waals surface area contributed by atoms with Crippen LogP contribution >= 0.6 is 0 Å². The van der Waals surface area contributed by atoms with Crippen LogP contribution in [0.15, 0.2) is 42.5 Å². The molecule has 2 aromatic rings. The Bertz CT molecular complexity index is 832. The van der Waals surface area contributed by atoms with Crippen LogP contribution in [0.5, 0.6) is 5.75 Å². The smallest absolute Gasteiger partial charge is 0.416 e. The molecule has 144 valence electrons. The number of methoxy groups -OCH3 is 1. The zero-order chi connectivity index (χ0) is 20.2. The van der Waals surface area contributed by atoms with Crippen molar-refractivity contribution >= 4 is 17.6 Å². The van der Waals surface area contributed by atoms with Crippen LogP contribution in [0.25, 0.3) is 0 Å². The standard InChI is InChI=1S/C19H18F3NO4/c1-11(9-12-3-6-14(7-4-12)19(20,21)22)17(24)23-15-8-5-13(18(25)26)10-16(15)27-2/h3-8,10-11H,9H2,1-2H3,(H,23,24)(H,25,26). The van der Waals surface area contributed by atoms with Crippen LogP contribution in [-0.4, -0.2) is 24.1 Å². The average molecular weight is 381 g/mol. The van der Waals surface area contributed by atoms with E-state index in [0.717, 1.165) is 12.1 Å². The fourth-order valence-electron chi connectivity index (χ4n) is 2.46. The number of hydrogen-bond donors (Lipinski definition) is 2. The molecule has 0 heterocycles. The maximum absolute atomic E-state index is 12.6. The third kappa shape index (κ3) is 5.22. The summed E-state index contributed by atoms with van der Waals surface area (Å²) >= 11 is 0. The normalized spacial score (nSPS) is 12.3. The van der Waals surface area contributed by atoms with E-state index in [2.05, 4.69) is 5.32 Å². The molecular formula is C19H18F3NO4. The topological polar surface area (TPSA) is 75.6 Å². The number of halogens is 3. The molecule has 0 saturated carbocycles. The molecule has 8 heteroatoms. The van der Waals surface area contributed by atoms with Gasteiger partial charge in [-0.1, -0.05) is 19.1 Å². The van der Waals surface area contributed by atoms with Crippen molar-refractivity contribution in [3.05, 3.63) is 59.2 Å². The second-order valence-corrected chi connectivity index (χ2v) is 6.01. The first kappa shape index (κ1) is 20.3. The van der Waals surface area contributed by atoms with Gasteiger partial charge in [0.2, 0.25) is 5.91 Å². The van der Waals surface area contributed by atoms with Gasteiger partial charge in [0.25, 0.3) is 0 Å². The average Bonchev–Trinajstić information content (AvgIpc) is 2.61. The van der Waals surface area contributed by atoms with Crippen LogP contribution in [0.3, 0.4) is 0 Å². The van der Waals surface area contributed by atoms with Crippen molar-refractivity contribution < 1.29 is 32.6 Å². The van der Waals surface area contributed by atoms with Gasteiger partial charge in [-0.25, -0.2) is 4.79 Å². The molecule has 0 radical (unpaired) electrons. The van der Waals surface area contributed by atoms with Gasteiger partial charge in [-0.3, -0.25) is 4.79 Å². The molecular weight excluding hydrogens is 363 g/mol. The summed E-state index contributed by atoms with van der Waals surface area (Å²) in [6, 6.07) is 8.69. The lowest BCUT2D eigenvalue weighted by Gasteiger charge is -2.15. The fourth-order valence-corrected chi connectivity index (χ4v) is 2.46. The van der Waals surface area contributed by atoms with Gasteiger partial charge in [-0.15, -0.1) is 0 Å². The quantitative estimate of drug-likeness (QED) is 0.785. The van der Waals surface area contributed by atoms with Crippen LogP contribution in [0, 0.1) is 5.92 Å². The molecule has 2 rings (SSSR count). The molecule has 1 atom stereocenters. The number of ether oxygens (including phenoxy) is 1. The molecule has 0 spiro atoms. The SMILES string of the molecule is COc1cc(C(=O)O)ccc1NC(=O)C(C)Cc1ccc(C(F)(F)F)cc1. The molecule has 1 unspecified atom stereocenters. The summed E-state index contributed by atoms with van der Waals surface area (Å²) in [5.41, 5.74) is 0.180. The highest BCUT2D eigenvalue weighted by Gasteiger charge is 2.30. The van der Waals surface area contributed by atoms with Crippen molar-refractivity contribution in [2.24, 2.45) is 5.92 Å². The first-order chi connectivity index (χ1) is 12.6. The number of nitrogens with one attached hydrogen (secondary N) is 1. The maximum atomic E-state index is 12.6. The van der Waals surface area contributed by atoms with E-state index in [1.165, 1.54) is 37.4 Å². The third-order valence-electron chi connectivity index (χ3n) is 3.98. The summed E-state index contributed by atoms with van der Waals surface area (Å²) in [4.78, 5) is 23.4. The minimum absolute atomic E-state index is 0.0163. The van der Waals surface area contributed by atoms with Crippen molar-refractivity contribution in [3.63, 3.8) is 0 Å². The minimum atomic E-state index is -4.40. The van der Waals surface area contributed by atoms with E-state index in [4.69, 9.17) is 9.84 Å². The van der Waals surface area contributed by atoms with Crippen molar-refractivity contribution in [2.75, 3.05) is 12.4 Å². The number of rotatable bonds is 6. The van der Waals surface area contributed by atoms with Crippen molar-refractivity contribution in [3.8, 4) is 5.75 Å². The van der Waals surface area contributed by atoms with Gasteiger partial charge in [0.15, 0.2) is 0 Å². The highest BCUT2D eigenvalue weighted by molar-refractivity contribution is 5.95. The van der Waals surface area contributed by atoms with Gasteiger partial charge in [0, 0.05) is 5.92 Å². The lowest BCUT2D eigenvalue weighted by atomic mass is 9.99. The number of alkyl halides is 3. The predicted molar refractivity (Wildman–Crippen MR) is 92.9 cm³/mol. The highest BCUT2D eigenvalue weighted by Crippen LogP contribution is 2.30. The summed E-state index contributed by atoms with van der Waals surface area (Å²) in [5.74, 6) is -1.81. The lowest BCUT2D eigenvalue weighted by Crippen LogP contribution is -2.22.